The number of esters is 1. The van der Waals surface area contributed by atoms with Crippen molar-refractivity contribution in [1.29, 1.82) is 0 Å². The largest absolute Gasteiger partial charge is 0.454 e. The molecule has 0 bridgehead atoms. The van der Waals surface area contributed by atoms with Crippen LogP contribution in [0.25, 0.3) is 0 Å². The smallest absolute Gasteiger partial charge is 0.347 e. The van der Waals surface area contributed by atoms with Crippen molar-refractivity contribution >= 4 is 23.3 Å². The molecule has 1 amide bonds. The van der Waals surface area contributed by atoms with E-state index in [-0.39, 0.29) is 6.79 Å². The molecule has 0 radical (unpaired) electrons. The second-order valence-corrected chi connectivity index (χ2v) is 6.55. The third kappa shape index (κ3) is 5.47. The fourth-order valence-electron chi connectivity index (χ4n) is 2.60. The second kappa shape index (κ2) is 9.09. The van der Waals surface area contributed by atoms with Crippen LogP contribution >= 0.6 is 0 Å². The summed E-state index contributed by atoms with van der Waals surface area (Å²) in [6.45, 7) is 4.93. The summed E-state index contributed by atoms with van der Waals surface area (Å²) in [5.74, 6) is 0.187. The molecule has 0 fully saturated rings. The summed E-state index contributed by atoms with van der Waals surface area (Å²) in [5, 5.41) is 6.61. The van der Waals surface area contributed by atoms with E-state index in [2.05, 4.69) is 10.5 Å². The van der Waals surface area contributed by atoms with E-state index in [4.69, 9.17) is 19.0 Å². The van der Waals surface area contributed by atoms with E-state index in [1.165, 1.54) is 0 Å². The van der Waals surface area contributed by atoms with Gasteiger partial charge in [-0.2, -0.15) is 0 Å². The topological polar surface area (TPSA) is 95.5 Å². The van der Waals surface area contributed by atoms with Crippen LogP contribution in [0.3, 0.4) is 0 Å². The summed E-state index contributed by atoms with van der Waals surface area (Å²) in [6, 6.07) is 11.1. The highest BCUT2D eigenvalue weighted by atomic mass is 16.7. The molecule has 152 valence electrons. The minimum atomic E-state index is -0.691. The Morgan fingerprint density at radius 3 is 2.69 bits per heavy atom. The Labute approximate surface area is 168 Å². The number of aryl methyl sites for hydroxylation is 2. The number of hydrogen-bond donors (Lipinski definition) is 1. The van der Waals surface area contributed by atoms with Crippen LogP contribution in [0.4, 0.5) is 5.69 Å². The number of hydrogen-bond acceptors (Lipinski definition) is 7. The highest BCUT2D eigenvalue weighted by molar-refractivity contribution is 5.99. The molecule has 1 aliphatic heterocycles. The van der Waals surface area contributed by atoms with Gasteiger partial charge in [0.1, 0.15) is 0 Å². The molecular weight excluding hydrogens is 376 g/mol. The van der Waals surface area contributed by atoms with Crippen LogP contribution in [0, 0.1) is 13.8 Å². The Morgan fingerprint density at radius 1 is 1.07 bits per heavy atom. The molecular formula is C21H22N2O6. The van der Waals surface area contributed by atoms with E-state index in [1.54, 1.807) is 19.1 Å². The van der Waals surface area contributed by atoms with Gasteiger partial charge in [0.05, 0.1) is 5.71 Å². The Kier molecular flexibility index (Phi) is 6.33. The number of carbonyl (C=O) groups is 2. The first-order chi connectivity index (χ1) is 13.9. The second-order valence-electron chi connectivity index (χ2n) is 6.55. The first-order valence-corrected chi connectivity index (χ1v) is 9.01. The molecule has 0 aliphatic carbocycles. The zero-order valence-corrected chi connectivity index (χ0v) is 16.5. The van der Waals surface area contributed by atoms with Crippen LogP contribution in [-0.2, 0) is 19.2 Å². The molecule has 0 spiro atoms. The zero-order chi connectivity index (χ0) is 20.8. The van der Waals surface area contributed by atoms with Crippen molar-refractivity contribution in [2.75, 3.05) is 25.3 Å². The van der Waals surface area contributed by atoms with Gasteiger partial charge in [-0.3, -0.25) is 4.79 Å². The number of fused-ring (bicyclic) bond motifs is 1. The van der Waals surface area contributed by atoms with Crippen molar-refractivity contribution < 1.29 is 28.6 Å². The Balaban J connectivity index is 1.43. The van der Waals surface area contributed by atoms with Crippen LogP contribution in [0.2, 0.25) is 0 Å². The van der Waals surface area contributed by atoms with Crippen LogP contribution in [0.1, 0.15) is 23.6 Å². The van der Waals surface area contributed by atoms with Crippen LogP contribution in [-0.4, -0.2) is 37.6 Å². The molecule has 0 saturated heterocycles. The van der Waals surface area contributed by atoms with E-state index < -0.39 is 25.1 Å². The summed E-state index contributed by atoms with van der Waals surface area (Å²) < 4.78 is 15.5. The van der Waals surface area contributed by atoms with Crippen LogP contribution in [0.15, 0.2) is 41.6 Å². The van der Waals surface area contributed by atoms with Crippen molar-refractivity contribution in [3.8, 4) is 11.5 Å². The molecule has 0 aromatic heterocycles. The van der Waals surface area contributed by atoms with Crippen molar-refractivity contribution in [2.45, 2.75) is 20.8 Å². The number of ether oxygens (including phenoxy) is 3. The van der Waals surface area contributed by atoms with Crippen LogP contribution < -0.4 is 14.8 Å². The molecule has 1 aliphatic rings. The molecule has 2 aromatic carbocycles. The van der Waals surface area contributed by atoms with E-state index in [9.17, 15) is 9.59 Å². The minimum Gasteiger partial charge on any atom is -0.454 e. The average molecular weight is 398 g/mol. The molecule has 2 aromatic rings. The number of nitrogens with one attached hydrogen (secondary N) is 1. The lowest BCUT2D eigenvalue weighted by Crippen LogP contribution is -2.23. The van der Waals surface area contributed by atoms with Gasteiger partial charge in [0.25, 0.3) is 5.91 Å². The maximum absolute atomic E-state index is 12.0. The average Bonchev–Trinajstić information content (AvgIpc) is 3.17. The van der Waals surface area contributed by atoms with Gasteiger partial charge in [-0.05, 0) is 56.2 Å². The molecule has 8 nitrogen and oxygen atoms in total. The van der Waals surface area contributed by atoms with Gasteiger partial charge in [-0.1, -0.05) is 17.3 Å². The Morgan fingerprint density at radius 2 is 1.86 bits per heavy atom. The highest BCUT2D eigenvalue weighted by Crippen LogP contribution is 2.32. The fraction of sp³-hybridized carbons (Fsp3) is 0.286. The predicted molar refractivity (Wildman–Crippen MR) is 106 cm³/mol. The molecule has 0 atom stereocenters. The number of nitrogens with zero attached hydrogens (tertiary/aromatic N) is 1. The minimum absolute atomic E-state index is 0.189. The van der Waals surface area contributed by atoms with E-state index >= 15 is 0 Å². The third-order valence-corrected chi connectivity index (χ3v) is 4.21. The lowest BCUT2D eigenvalue weighted by atomic mass is 10.1. The predicted octanol–water partition coefficient (Wildman–Crippen LogP) is 2.95. The summed E-state index contributed by atoms with van der Waals surface area (Å²) in [7, 11) is 0. The van der Waals surface area contributed by atoms with Gasteiger partial charge in [0.15, 0.2) is 18.1 Å². The normalized spacial score (nSPS) is 12.4. The molecule has 29 heavy (non-hydrogen) atoms. The SMILES string of the molecule is C/C(=N/OCC(=O)OCC(=O)Nc1cc(C)ccc1C)c1ccc2c(c1)OCO2. The molecule has 8 heteroatoms. The van der Waals surface area contributed by atoms with Gasteiger partial charge in [-0.15, -0.1) is 0 Å². The Hall–Kier alpha value is -3.55. The quantitative estimate of drug-likeness (QED) is 0.438. The maximum atomic E-state index is 12.0. The van der Waals surface area contributed by atoms with Crippen molar-refractivity contribution in [3.63, 3.8) is 0 Å². The summed E-state index contributed by atoms with van der Waals surface area (Å²) in [6.07, 6.45) is 0. The number of rotatable bonds is 7. The Bertz CT molecular complexity index is 954. The number of carbonyl (C=O) groups excluding carboxylic acids is 2. The van der Waals surface area contributed by atoms with Gasteiger partial charge < -0.3 is 24.4 Å². The summed E-state index contributed by atoms with van der Waals surface area (Å²) >= 11 is 0. The number of oxime groups is 1. The standard InChI is InChI=1S/C21H22N2O6/c1-13-4-5-14(2)17(8-13)22-20(24)10-26-21(25)11-29-23-15(3)16-6-7-18-19(9-16)28-12-27-18/h4-9H,10-12H2,1-3H3,(H,22,24)/b23-15-. The van der Waals surface area contributed by atoms with Gasteiger partial charge in [0, 0.05) is 11.3 Å². The first-order valence-electron chi connectivity index (χ1n) is 9.01. The lowest BCUT2D eigenvalue weighted by molar-refractivity contribution is -0.151. The van der Waals surface area contributed by atoms with Crippen molar-refractivity contribution in [3.05, 3.63) is 53.1 Å². The first kappa shape index (κ1) is 20.2. The molecule has 1 N–H and O–H groups in total. The summed E-state index contributed by atoms with van der Waals surface area (Å²) in [5.41, 5.74) is 3.96. The van der Waals surface area contributed by atoms with Gasteiger partial charge in [0.2, 0.25) is 13.4 Å². The maximum Gasteiger partial charge on any atom is 0.347 e. The van der Waals surface area contributed by atoms with Gasteiger partial charge >= 0.3 is 5.97 Å². The molecule has 3 rings (SSSR count). The molecule has 1 heterocycles. The van der Waals surface area contributed by atoms with Crippen LogP contribution in [0.5, 0.6) is 11.5 Å². The third-order valence-electron chi connectivity index (χ3n) is 4.21. The van der Waals surface area contributed by atoms with Crippen molar-refractivity contribution in [2.24, 2.45) is 5.16 Å². The molecule has 0 unspecified atom stereocenters. The fourth-order valence-corrected chi connectivity index (χ4v) is 2.60. The zero-order valence-electron chi connectivity index (χ0n) is 16.5. The summed E-state index contributed by atoms with van der Waals surface area (Å²) in [4.78, 5) is 28.7. The number of amides is 1. The van der Waals surface area contributed by atoms with E-state index in [0.29, 0.717) is 22.9 Å². The molecule has 0 saturated carbocycles. The van der Waals surface area contributed by atoms with Gasteiger partial charge in [-0.25, -0.2) is 4.79 Å². The lowest BCUT2D eigenvalue weighted by Gasteiger charge is -2.09. The number of benzene rings is 2. The van der Waals surface area contributed by atoms with E-state index in [1.807, 2.05) is 38.1 Å². The van der Waals surface area contributed by atoms with Crippen molar-refractivity contribution in [1.82, 2.24) is 0 Å². The van der Waals surface area contributed by atoms with E-state index in [0.717, 1.165) is 16.7 Å². The highest BCUT2D eigenvalue weighted by Gasteiger charge is 2.14. The monoisotopic (exact) mass is 398 g/mol. The number of anilines is 1.